The zero-order chi connectivity index (χ0) is 19.1. The summed E-state index contributed by atoms with van der Waals surface area (Å²) < 4.78 is 0. The van der Waals surface area contributed by atoms with E-state index in [0.29, 0.717) is 18.7 Å². The minimum Gasteiger partial charge on any atom is -0.478 e. The van der Waals surface area contributed by atoms with E-state index in [1.54, 1.807) is 24.3 Å². The molecule has 2 aromatic rings. The molecule has 0 bridgehead atoms. The van der Waals surface area contributed by atoms with Gasteiger partial charge < -0.3 is 15.1 Å². The monoisotopic (exact) mass is 352 g/mol. The molecule has 0 aliphatic carbocycles. The Morgan fingerprint density at radius 3 is 2.35 bits per heavy atom. The Balaban J connectivity index is 2.24. The van der Waals surface area contributed by atoms with Gasteiger partial charge in [-0.2, -0.15) is 10.4 Å². The Morgan fingerprint density at radius 1 is 1.08 bits per heavy atom. The number of carbonyl (C=O) groups is 2. The zero-order valence-electron chi connectivity index (χ0n) is 14.0. The number of nitriles is 1. The van der Waals surface area contributed by atoms with Crippen LogP contribution in [0.4, 0.5) is 17.1 Å². The summed E-state index contributed by atoms with van der Waals surface area (Å²) >= 11 is 0. The van der Waals surface area contributed by atoms with Crippen molar-refractivity contribution in [3.8, 4) is 6.07 Å². The van der Waals surface area contributed by atoms with E-state index in [1.165, 1.54) is 18.2 Å². The van der Waals surface area contributed by atoms with E-state index in [9.17, 15) is 14.7 Å². The molecule has 0 unspecified atom stereocenters. The number of benzene rings is 2. The van der Waals surface area contributed by atoms with Crippen LogP contribution in [0.2, 0.25) is 0 Å². The van der Waals surface area contributed by atoms with Gasteiger partial charge in [0.25, 0.3) is 0 Å². The first-order valence-electron chi connectivity index (χ1n) is 7.63. The molecule has 0 fully saturated rings. The molecule has 0 atom stereocenters. The lowest BCUT2D eigenvalue weighted by Crippen LogP contribution is -2.17. The first kappa shape index (κ1) is 18.6. The highest BCUT2D eigenvalue weighted by molar-refractivity contribution is 5.96. The molecule has 2 N–H and O–H groups in total. The third-order valence-electron chi connectivity index (χ3n) is 3.60. The van der Waals surface area contributed by atoms with Gasteiger partial charge in [0.2, 0.25) is 0 Å². The number of anilines is 1. The van der Waals surface area contributed by atoms with Gasteiger partial charge in [0.05, 0.1) is 29.3 Å². The van der Waals surface area contributed by atoms with Gasteiger partial charge in [0.1, 0.15) is 5.69 Å². The molecule has 0 aliphatic rings. The molecule has 8 heteroatoms. The van der Waals surface area contributed by atoms with E-state index in [2.05, 4.69) is 16.3 Å². The Bertz CT molecular complexity index is 885. The number of hydrogen-bond donors (Lipinski definition) is 2. The summed E-state index contributed by atoms with van der Waals surface area (Å²) in [5.74, 6) is -2.39. The average Bonchev–Trinajstić information content (AvgIpc) is 2.64. The predicted molar refractivity (Wildman–Crippen MR) is 94.5 cm³/mol. The highest BCUT2D eigenvalue weighted by Gasteiger charge is 2.13. The lowest BCUT2D eigenvalue weighted by molar-refractivity contribution is 0.0682. The highest BCUT2D eigenvalue weighted by Crippen LogP contribution is 2.25. The van der Waals surface area contributed by atoms with E-state index >= 15 is 0 Å². The van der Waals surface area contributed by atoms with Crippen LogP contribution in [0, 0.1) is 11.3 Å². The second-order valence-electron chi connectivity index (χ2n) is 5.39. The first-order chi connectivity index (χ1) is 12.4. The number of carboxylic acids is 2. The van der Waals surface area contributed by atoms with Crippen LogP contribution < -0.4 is 4.90 Å². The zero-order valence-corrected chi connectivity index (χ0v) is 14.0. The maximum atomic E-state index is 11.2. The molecule has 2 rings (SSSR count). The van der Waals surface area contributed by atoms with E-state index in [-0.39, 0.29) is 16.8 Å². The number of carboxylic acid groups (broad SMARTS) is 2. The van der Waals surface area contributed by atoms with Gasteiger partial charge in [-0.15, -0.1) is 5.11 Å². The largest absolute Gasteiger partial charge is 0.478 e. The Kier molecular flexibility index (Phi) is 6.01. The molecule has 0 amide bonds. The third-order valence-corrected chi connectivity index (χ3v) is 3.60. The molecule has 0 saturated heterocycles. The van der Waals surface area contributed by atoms with Gasteiger partial charge in [0.15, 0.2) is 0 Å². The van der Waals surface area contributed by atoms with E-state index < -0.39 is 11.9 Å². The standard InChI is InChI=1S/C18H16N4O4/c1-22(10-2-9-19)14-6-4-13(5-7-14)20-21-16-11-12(17(23)24)3-8-15(16)18(25)26/h3-8,11H,2,10H2,1H3,(H,23,24)(H,25,26). The predicted octanol–water partition coefficient (Wildman–Crippen LogP) is 3.85. The van der Waals surface area contributed by atoms with Crippen molar-refractivity contribution in [1.29, 1.82) is 5.26 Å². The quantitative estimate of drug-likeness (QED) is 0.729. The first-order valence-corrected chi connectivity index (χ1v) is 7.63. The van der Waals surface area contributed by atoms with Crippen LogP contribution in [0.5, 0.6) is 0 Å². The van der Waals surface area contributed by atoms with Gasteiger partial charge >= 0.3 is 11.9 Å². The summed E-state index contributed by atoms with van der Waals surface area (Å²) in [6.45, 7) is 0.599. The summed E-state index contributed by atoms with van der Waals surface area (Å²) in [4.78, 5) is 24.2. The van der Waals surface area contributed by atoms with Crippen LogP contribution in [-0.2, 0) is 0 Å². The molecule has 0 heterocycles. The second-order valence-corrected chi connectivity index (χ2v) is 5.39. The maximum Gasteiger partial charge on any atom is 0.337 e. The molecular weight excluding hydrogens is 336 g/mol. The van der Waals surface area contributed by atoms with Crippen molar-refractivity contribution in [2.45, 2.75) is 6.42 Å². The molecular formula is C18H16N4O4. The van der Waals surface area contributed by atoms with Gasteiger partial charge in [-0.3, -0.25) is 0 Å². The number of rotatable bonds is 7. The SMILES string of the molecule is CN(CCC#N)c1ccc(N=Nc2cc(C(=O)O)ccc2C(=O)O)cc1. The van der Waals surface area contributed by atoms with Crippen LogP contribution in [0.15, 0.2) is 52.7 Å². The number of azo groups is 1. The van der Waals surface area contributed by atoms with Gasteiger partial charge in [-0.25, -0.2) is 9.59 Å². The topological polar surface area (TPSA) is 126 Å². The molecule has 26 heavy (non-hydrogen) atoms. The summed E-state index contributed by atoms with van der Waals surface area (Å²) in [6.07, 6.45) is 0.413. The third kappa shape index (κ3) is 4.64. The normalized spacial score (nSPS) is 10.5. The molecule has 8 nitrogen and oxygen atoms in total. The fourth-order valence-corrected chi connectivity index (χ4v) is 2.16. The molecule has 132 valence electrons. The Labute approximate surface area is 149 Å². The fourth-order valence-electron chi connectivity index (χ4n) is 2.16. The molecule has 0 spiro atoms. The van der Waals surface area contributed by atoms with Crippen molar-refractivity contribution in [1.82, 2.24) is 0 Å². The molecule has 0 aliphatic heterocycles. The lowest BCUT2D eigenvalue weighted by Gasteiger charge is -2.17. The van der Waals surface area contributed by atoms with E-state index in [1.807, 2.05) is 11.9 Å². The molecule has 2 aromatic carbocycles. The average molecular weight is 352 g/mol. The number of nitrogens with zero attached hydrogens (tertiary/aromatic N) is 4. The lowest BCUT2D eigenvalue weighted by atomic mass is 10.1. The fraction of sp³-hybridized carbons (Fsp3) is 0.167. The smallest absolute Gasteiger partial charge is 0.337 e. The van der Waals surface area contributed by atoms with Gasteiger partial charge in [-0.05, 0) is 42.5 Å². The van der Waals surface area contributed by atoms with Crippen molar-refractivity contribution in [2.24, 2.45) is 10.2 Å². The van der Waals surface area contributed by atoms with Crippen LogP contribution >= 0.6 is 0 Å². The van der Waals surface area contributed by atoms with Crippen LogP contribution in [0.1, 0.15) is 27.1 Å². The van der Waals surface area contributed by atoms with Crippen LogP contribution in [0.3, 0.4) is 0 Å². The number of hydrogen-bond acceptors (Lipinski definition) is 6. The molecule has 0 radical (unpaired) electrons. The highest BCUT2D eigenvalue weighted by atomic mass is 16.4. The van der Waals surface area contributed by atoms with Crippen molar-refractivity contribution >= 4 is 29.0 Å². The minimum atomic E-state index is -1.22. The van der Waals surface area contributed by atoms with Gasteiger partial charge in [-0.1, -0.05) is 0 Å². The maximum absolute atomic E-state index is 11.2. The summed E-state index contributed by atoms with van der Waals surface area (Å²) in [5.41, 5.74) is 1.15. The summed E-state index contributed by atoms with van der Waals surface area (Å²) in [6, 6.07) is 12.6. The van der Waals surface area contributed by atoms with Crippen molar-refractivity contribution in [3.05, 3.63) is 53.6 Å². The van der Waals surface area contributed by atoms with Gasteiger partial charge in [0, 0.05) is 19.3 Å². The minimum absolute atomic E-state index is 0.0346. The van der Waals surface area contributed by atoms with Crippen LogP contribution in [0.25, 0.3) is 0 Å². The van der Waals surface area contributed by atoms with Crippen molar-refractivity contribution in [3.63, 3.8) is 0 Å². The second kappa shape index (κ2) is 8.39. The van der Waals surface area contributed by atoms with E-state index in [4.69, 9.17) is 10.4 Å². The molecule has 0 aromatic heterocycles. The van der Waals surface area contributed by atoms with Crippen molar-refractivity contribution in [2.75, 3.05) is 18.5 Å². The van der Waals surface area contributed by atoms with Crippen molar-refractivity contribution < 1.29 is 19.8 Å². The molecule has 0 saturated carbocycles. The van der Waals surface area contributed by atoms with E-state index in [0.717, 1.165) is 5.69 Å². The Morgan fingerprint density at radius 2 is 1.77 bits per heavy atom. The van der Waals surface area contributed by atoms with Crippen LogP contribution in [-0.4, -0.2) is 35.7 Å². The summed E-state index contributed by atoms with van der Waals surface area (Å²) in [5, 5.41) is 34.7. The summed E-state index contributed by atoms with van der Waals surface area (Å²) in [7, 11) is 1.87. The Hall–Kier alpha value is -3.73. The number of aromatic carboxylic acids is 2.